The number of fused-ring (bicyclic) bond motifs is 2. The van der Waals surface area contributed by atoms with Gasteiger partial charge in [-0.1, -0.05) is 52.3 Å². The molecule has 46 heavy (non-hydrogen) atoms. The van der Waals surface area contributed by atoms with E-state index < -0.39 is 28.9 Å². The highest BCUT2D eigenvalue weighted by molar-refractivity contribution is 6.34. The van der Waals surface area contributed by atoms with Crippen LogP contribution in [0.1, 0.15) is 6.92 Å². The molecule has 2 aliphatic rings. The number of terminal acetylenes is 1. The highest BCUT2D eigenvalue weighted by atomic mass is 35.5. The van der Waals surface area contributed by atoms with Crippen molar-refractivity contribution in [1.82, 2.24) is 18.7 Å². The molecule has 1 atom stereocenters. The monoisotopic (exact) mass is 716 g/mol. The van der Waals surface area contributed by atoms with Gasteiger partial charge in [0.1, 0.15) is 33.4 Å². The first-order chi connectivity index (χ1) is 21.9. The van der Waals surface area contributed by atoms with Gasteiger partial charge in [-0.15, -0.1) is 6.42 Å². The van der Waals surface area contributed by atoms with Crippen molar-refractivity contribution in [1.29, 1.82) is 0 Å². The zero-order chi connectivity index (χ0) is 33.3. The van der Waals surface area contributed by atoms with Gasteiger partial charge in [0.25, 0.3) is 11.1 Å². The van der Waals surface area contributed by atoms with Gasteiger partial charge in [-0.3, -0.25) is 19.0 Å². The lowest BCUT2D eigenvalue weighted by Crippen LogP contribution is -2.23. The molecule has 1 N–H and O–H groups in total. The molecule has 244 valence electrons. The first kappa shape index (κ1) is 33.9. The Kier molecular flexibility index (Phi) is 10.4. The van der Waals surface area contributed by atoms with Crippen LogP contribution in [0.15, 0.2) is 33.9 Å². The van der Waals surface area contributed by atoms with Gasteiger partial charge < -0.3 is 19.3 Å². The summed E-state index contributed by atoms with van der Waals surface area (Å²) in [5.41, 5.74) is -0.786. The number of rotatable bonds is 4. The summed E-state index contributed by atoms with van der Waals surface area (Å²) in [6.07, 6.45) is 4.74. The molecule has 0 spiro atoms. The third-order valence-electron chi connectivity index (χ3n) is 7.27. The SMILES string of the molecule is C#CC(C)Oc1cc(-c2c(Cl)n3n(c2=O)CCOCC3)c(F)cc1Cl.O=c1c(-c2cc(O)c(Cl)cc2F)c(Cl)n2n1CCOCC2. The van der Waals surface area contributed by atoms with Crippen LogP contribution in [0, 0.1) is 24.0 Å². The highest BCUT2D eigenvalue weighted by Gasteiger charge is 2.26. The predicted octanol–water partition coefficient (Wildman–Crippen LogP) is 5.69. The third-order valence-corrected chi connectivity index (χ3v) is 8.64. The quantitative estimate of drug-likeness (QED) is 0.272. The Labute approximate surface area is 281 Å². The van der Waals surface area contributed by atoms with Crippen molar-refractivity contribution >= 4 is 46.4 Å². The summed E-state index contributed by atoms with van der Waals surface area (Å²) < 4.78 is 50.7. The smallest absolute Gasteiger partial charge is 0.276 e. The number of hydrogen-bond acceptors (Lipinski definition) is 6. The largest absolute Gasteiger partial charge is 0.506 e. The fraction of sp³-hybridized carbons (Fsp3) is 0.333. The maximum atomic E-state index is 14.5. The molecule has 0 saturated carbocycles. The summed E-state index contributed by atoms with van der Waals surface area (Å²) >= 11 is 24.3. The van der Waals surface area contributed by atoms with E-state index in [1.54, 1.807) is 16.3 Å². The van der Waals surface area contributed by atoms with Crippen molar-refractivity contribution < 1.29 is 28.1 Å². The van der Waals surface area contributed by atoms with E-state index in [9.17, 15) is 23.5 Å². The molecule has 0 amide bonds. The van der Waals surface area contributed by atoms with E-state index in [0.29, 0.717) is 52.6 Å². The number of phenols is 1. The van der Waals surface area contributed by atoms with Crippen molar-refractivity contribution in [2.24, 2.45) is 0 Å². The zero-order valence-corrected chi connectivity index (χ0v) is 27.2. The van der Waals surface area contributed by atoms with Gasteiger partial charge in [0.2, 0.25) is 0 Å². The maximum absolute atomic E-state index is 14.5. The fourth-order valence-corrected chi connectivity index (χ4v) is 6.09. The second-order valence-corrected chi connectivity index (χ2v) is 11.7. The third kappa shape index (κ3) is 6.53. The van der Waals surface area contributed by atoms with Crippen LogP contribution < -0.4 is 15.9 Å². The van der Waals surface area contributed by atoms with E-state index in [-0.39, 0.29) is 54.1 Å². The Hall–Kier alpha value is -3.44. The Bertz CT molecular complexity index is 1960. The second kappa shape index (κ2) is 14.1. The summed E-state index contributed by atoms with van der Waals surface area (Å²) in [7, 11) is 0. The average molecular weight is 718 g/mol. The normalized spacial score (nSPS) is 15.0. The number of halogens is 6. The molecular formula is C30H26Cl4F2N4O6. The molecule has 1 unspecified atom stereocenters. The molecule has 2 aromatic heterocycles. The zero-order valence-electron chi connectivity index (χ0n) is 24.2. The lowest BCUT2D eigenvalue weighted by atomic mass is 10.1. The van der Waals surface area contributed by atoms with Gasteiger partial charge in [0, 0.05) is 11.1 Å². The minimum absolute atomic E-state index is 0.0167. The molecule has 4 aromatic rings. The number of aromatic nitrogens is 4. The Morgan fingerprint density at radius 1 is 0.783 bits per heavy atom. The lowest BCUT2D eigenvalue weighted by Gasteiger charge is -2.12. The predicted molar refractivity (Wildman–Crippen MR) is 170 cm³/mol. The summed E-state index contributed by atoms with van der Waals surface area (Å²) in [6.45, 7) is 4.74. The van der Waals surface area contributed by atoms with Crippen LogP contribution in [0.25, 0.3) is 22.3 Å². The Morgan fingerprint density at radius 3 is 1.70 bits per heavy atom. The molecule has 6 rings (SSSR count). The van der Waals surface area contributed by atoms with Gasteiger partial charge in [0.15, 0.2) is 6.10 Å². The lowest BCUT2D eigenvalue weighted by molar-refractivity contribution is 0.137. The molecule has 0 radical (unpaired) electrons. The average Bonchev–Trinajstić information content (AvgIpc) is 3.26. The molecule has 2 aromatic carbocycles. The van der Waals surface area contributed by atoms with E-state index in [1.807, 2.05) is 0 Å². The standard InChI is InChI=1S/C17H15Cl2FN2O3.C13H11Cl2FN2O3/c1-3-10(2)25-14-8-11(13(20)9-12(14)18)15-16(19)21-4-6-24-7-5-22(21)17(15)23;14-8-6-9(16)7(5-10(8)19)11-12(15)17-1-3-21-4-2-18(17)13(11)20/h1,8-10H,4-7H2,2H3;5-6,19H,1-4H2. The Morgan fingerprint density at radius 2 is 1.22 bits per heavy atom. The minimum atomic E-state index is -0.714. The van der Waals surface area contributed by atoms with E-state index in [4.69, 9.17) is 67.0 Å². The van der Waals surface area contributed by atoms with E-state index in [1.165, 1.54) is 15.4 Å². The van der Waals surface area contributed by atoms with Crippen LogP contribution in [0.4, 0.5) is 8.78 Å². The second-order valence-electron chi connectivity index (χ2n) is 10.1. The summed E-state index contributed by atoms with van der Waals surface area (Å²) in [5, 5.41) is 9.84. The van der Waals surface area contributed by atoms with Crippen molar-refractivity contribution in [3.05, 3.63) is 77.0 Å². The van der Waals surface area contributed by atoms with Crippen molar-refractivity contribution in [2.75, 3.05) is 26.4 Å². The summed E-state index contributed by atoms with van der Waals surface area (Å²) in [5.74, 6) is 0.903. The van der Waals surface area contributed by atoms with Crippen molar-refractivity contribution in [3.63, 3.8) is 0 Å². The molecule has 2 aliphatic heterocycles. The topological polar surface area (TPSA) is 102 Å². The van der Waals surface area contributed by atoms with Crippen molar-refractivity contribution in [2.45, 2.75) is 39.2 Å². The number of benzene rings is 2. The van der Waals surface area contributed by atoms with Gasteiger partial charge in [-0.05, 0) is 31.2 Å². The molecule has 4 heterocycles. The van der Waals surface area contributed by atoms with Gasteiger partial charge in [-0.25, -0.2) is 18.1 Å². The molecule has 0 bridgehead atoms. The number of ether oxygens (including phenoxy) is 3. The molecule has 0 fully saturated rings. The number of aromatic hydroxyl groups is 1. The van der Waals surface area contributed by atoms with Crippen LogP contribution in [0.5, 0.6) is 11.5 Å². The summed E-state index contributed by atoms with van der Waals surface area (Å²) in [4.78, 5) is 25.2. The molecule has 0 saturated heterocycles. The Balaban J connectivity index is 0.000000184. The van der Waals surface area contributed by atoms with E-state index in [0.717, 1.165) is 18.2 Å². The molecular weight excluding hydrogens is 692 g/mol. The van der Waals surface area contributed by atoms with Crippen LogP contribution >= 0.6 is 46.4 Å². The molecule has 16 heteroatoms. The number of nitrogens with zero attached hydrogens (tertiary/aromatic N) is 4. The summed E-state index contributed by atoms with van der Waals surface area (Å²) in [6, 6.07) is 4.50. The van der Waals surface area contributed by atoms with Gasteiger partial charge in [0.05, 0.1) is 73.8 Å². The van der Waals surface area contributed by atoms with Crippen LogP contribution in [0.3, 0.4) is 0 Å². The minimum Gasteiger partial charge on any atom is -0.506 e. The van der Waals surface area contributed by atoms with Crippen LogP contribution in [-0.2, 0) is 35.7 Å². The maximum Gasteiger partial charge on any atom is 0.276 e. The fourth-order valence-electron chi connectivity index (χ4n) is 5.03. The first-order valence-corrected chi connectivity index (χ1v) is 15.4. The van der Waals surface area contributed by atoms with Crippen LogP contribution in [0.2, 0.25) is 20.4 Å². The molecule has 0 aliphatic carbocycles. The molecule has 10 nitrogen and oxygen atoms in total. The van der Waals surface area contributed by atoms with E-state index >= 15 is 0 Å². The highest BCUT2D eigenvalue weighted by Crippen LogP contribution is 2.36. The van der Waals surface area contributed by atoms with E-state index in [2.05, 4.69) is 5.92 Å². The number of hydrogen-bond donors (Lipinski definition) is 1. The van der Waals surface area contributed by atoms with Crippen molar-refractivity contribution in [3.8, 4) is 46.1 Å². The number of phenolic OH excluding ortho intramolecular Hbond substituents is 1. The first-order valence-electron chi connectivity index (χ1n) is 13.9. The van der Waals surface area contributed by atoms with Gasteiger partial charge >= 0.3 is 0 Å². The van der Waals surface area contributed by atoms with Crippen LogP contribution in [-0.4, -0.2) is 56.4 Å². The van der Waals surface area contributed by atoms with Gasteiger partial charge in [-0.2, -0.15) is 0 Å².